The Labute approximate surface area is 89.1 Å². The lowest BCUT2D eigenvalue weighted by Crippen LogP contribution is -2.41. The van der Waals surface area contributed by atoms with Crippen LogP contribution in [-0.4, -0.2) is 37.2 Å². The Morgan fingerprint density at radius 1 is 1.43 bits per heavy atom. The fourth-order valence-electron chi connectivity index (χ4n) is 0.699. The molecule has 0 aromatic carbocycles. The molecule has 1 amide bonds. The molecule has 0 aliphatic heterocycles. The Balaban J connectivity index is 3.35. The van der Waals surface area contributed by atoms with Crippen molar-refractivity contribution < 1.29 is 4.79 Å². The standard InChI is InChI=1S/C8H16N4OS/c1-2-7(13)12-8(14)11-6-5-10-4-3-9/h2,10H,1,3-6,9H2,(H2,11,12,13,14). The van der Waals surface area contributed by atoms with E-state index in [0.717, 1.165) is 13.1 Å². The average molecular weight is 216 g/mol. The predicted molar refractivity (Wildman–Crippen MR) is 60.9 cm³/mol. The molecule has 0 aromatic heterocycles. The Morgan fingerprint density at radius 2 is 2.14 bits per heavy atom. The first-order valence-electron chi connectivity index (χ1n) is 4.32. The smallest absolute Gasteiger partial charge is 0.249 e. The van der Waals surface area contributed by atoms with E-state index in [2.05, 4.69) is 22.5 Å². The van der Waals surface area contributed by atoms with E-state index in [9.17, 15) is 4.79 Å². The van der Waals surface area contributed by atoms with Crippen LogP contribution in [0.25, 0.3) is 0 Å². The number of amides is 1. The molecule has 0 fully saturated rings. The number of hydrogen-bond donors (Lipinski definition) is 4. The summed E-state index contributed by atoms with van der Waals surface area (Å²) < 4.78 is 0. The molecule has 0 atom stereocenters. The van der Waals surface area contributed by atoms with Crippen LogP contribution >= 0.6 is 12.2 Å². The van der Waals surface area contributed by atoms with Crippen molar-refractivity contribution in [2.45, 2.75) is 0 Å². The third-order valence-electron chi connectivity index (χ3n) is 1.33. The minimum Gasteiger partial charge on any atom is -0.361 e. The molecular weight excluding hydrogens is 200 g/mol. The van der Waals surface area contributed by atoms with Crippen LogP contribution in [0.1, 0.15) is 0 Å². The van der Waals surface area contributed by atoms with Gasteiger partial charge < -0.3 is 16.4 Å². The van der Waals surface area contributed by atoms with Crippen molar-refractivity contribution in [1.29, 1.82) is 0 Å². The summed E-state index contributed by atoms with van der Waals surface area (Å²) in [6.45, 7) is 6.09. The van der Waals surface area contributed by atoms with Gasteiger partial charge in [0.1, 0.15) is 0 Å². The minimum absolute atomic E-state index is 0.308. The molecule has 0 bridgehead atoms. The fourth-order valence-corrected chi connectivity index (χ4v) is 0.901. The highest BCUT2D eigenvalue weighted by Crippen LogP contribution is 1.69. The number of nitrogens with one attached hydrogen (secondary N) is 3. The van der Waals surface area contributed by atoms with Gasteiger partial charge in [0.25, 0.3) is 0 Å². The zero-order chi connectivity index (χ0) is 10.8. The van der Waals surface area contributed by atoms with Gasteiger partial charge in [-0.3, -0.25) is 10.1 Å². The van der Waals surface area contributed by atoms with Crippen LogP contribution < -0.4 is 21.7 Å². The molecule has 14 heavy (non-hydrogen) atoms. The zero-order valence-corrected chi connectivity index (χ0v) is 8.82. The summed E-state index contributed by atoms with van der Waals surface area (Å²) in [5.74, 6) is -0.308. The average Bonchev–Trinajstić information content (AvgIpc) is 2.17. The van der Waals surface area contributed by atoms with Gasteiger partial charge in [-0.15, -0.1) is 0 Å². The normalized spacial score (nSPS) is 9.21. The summed E-state index contributed by atoms with van der Waals surface area (Å²) in [4.78, 5) is 10.8. The maximum atomic E-state index is 10.8. The monoisotopic (exact) mass is 216 g/mol. The lowest BCUT2D eigenvalue weighted by Gasteiger charge is -2.08. The summed E-state index contributed by atoms with van der Waals surface area (Å²) in [6.07, 6.45) is 1.17. The topological polar surface area (TPSA) is 79.2 Å². The largest absolute Gasteiger partial charge is 0.361 e. The zero-order valence-electron chi connectivity index (χ0n) is 8.01. The molecule has 0 aliphatic carbocycles. The first-order valence-corrected chi connectivity index (χ1v) is 4.73. The van der Waals surface area contributed by atoms with Crippen LogP contribution in [0.15, 0.2) is 12.7 Å². The highest BCUT2D eigenvalue weighted by molar-refractivity contribution is 7.80. The van der Waals surface area contributed by atoms with Crippen LogP contribution in [0.2, 0.25) is 0 Å². The Bertz CT molecular complexity index is 208. The van der Waals surface area contributed by atoms with E-state index in [0.29, 0.717) is 18.2 Å². The lowest BCUT2D eigenvalue weighted by atomic mass is 10.5. The van der Waals surface area contributed by atoms with E-state index < -0.39 is 0 Å². The Morgan fingerprint density at radius 3 is 2.71 bits per heavy atom. The highest BCUT2D eigenvalue weighted by Gasteiger charge is 1.97. The van der Waals surface area contributed by atoms with Gasteiger partial charge in [0, 0.05) is 26.2 Å². The second-order valence-corrected chi connectivity index (χ2v) is 2.90. The molecule has 0 aromatic rings. The molecule has 0 saturated heterocycles. The van der Waals surface area contributed by atoms with Crippen molar-refractivity contribution in [3.8, 4) is 0 Å². The van der Waals surface area contributed by atoms with Crippen molar-refractivity contribution in [2.75, 3.05) is 26.2 Å². The molecule has 0 heterocycles. The van der Waals surface area contributed by atoms with E-state index >= 15 is 0 Å². The van der Waals surface area contributed by atoms with Gasteiger partial charge in [0.05, 0.1) is 0 Å². The molecule has 0 unspecified atom stereocenters. The molecule has 0 spiro atoms. The minimum atomic E-state index is -0.308. The molecule has 5 nitrogen and oxygen atoms in total. The van der Waals surface area contributed by atoms with Gasteiger partial charge in [-0.25, -0.2) is 0 Å². The predicted octanol–water partition coefficient (Wildman–Crippen LogP) is -1.29. The number of rotatable bonds is 6. The molecular formula is C8H16N4OS. The van der Waals surface area contributed by atoms with Crippen molar-refractivity contribution in [3.05, 3.63) is 12.7 Å². The summed E-state index contributed by atoms with van der Waals surface area (Å²) in [5.41, 5.74) is 5.28. The van der Waals surface area contributed by atoms with E-state index in [1.807, 2.05) is 0 Å². The maximum absolute atomic E-state index is 10.8. The molecule has 6 heteroatoms. The molecule has 0 saturated carbocycles. The third-order valence-corrected chi connectivity index (χ3v) is 1.58. The van der Waals surface area contributed by atoms with Gasteiger partial charge in [0.15, 0.2) is 5.11 Å². The summed E-state index contributed by atoms with van der Waals surface area (Å²) in [6, 6.07) is 0. The fraction of sp³-hybridized carbons (Fsp3) is 0.500. The second-order valence-electron chi connectivity index (χ2n) is 2.49. The van der Waals surface area contributed by atoms with Crippen LogP contribution in [0, 0.1) is 0 Å². The first kappa shape index (κ1) is 13.0. The van der Waals surface area contributed by atoms with Crippen molar-refractivity contribution in [2.24, 2.45) is 5.73 Å². The van der Waals surface area contributed by atoms with Crippen molar-refractivity contribution in [1.82, 2.24) is 16.0 Å². The molecule has 80 valence electrons. The molecule has 0 radical (unpaired) electrons. The van der Waals surface area contributed by atoms with Crippen molar-refractivity contribution >= 4 is 23.2 Å². The second kappa shape index (κ2) is 8.61. The molecule has 0 aliphatic rings. The van der Waals surface area contributed by atoms with Gasteiger partial charge in [-0.05, 0) is 18.3 Å². The maximum Gasteiger partial charge on any atom is 0.249 e. The van der Waals surface area contributed by atoms with Crippen molar-refractivity contribution in [3.63, 3.8) is 0 Å². The summed E-state index contributed by atoms with van der Waals surface area (Å²) in [7, 11) is 0. The van der Waals surface area contributed by atoms with E-state index in [1.54, 1.807) is 0 Å². The number of nitrogens with two attached hydrogens (primary N) is 1. The number of thiocarbonyl (C=S) groups is 1. The first-order chi connectivity index (χ1) is 6.70. The highest BCUT2D eigenvalue weighted by atomic mass is 32.1. The Hall–Kier alpha value is -0.980. The van der Waals surface area contributed by atoms with Gasteiger partial charge >= 0.3 is 0 Å². The lowest BCUT2D eigenvalue weighted by molar-refractivity contribution is -0.115. The molecule has 5 N–H and O–H groups in total. The van der Waals surface area contributed by atoms with Crippen LogP contribution in [0.4, 0.5) is 0 Å². The number of hydrogen-bond acceptors (Lipinski definition) is 4. The number of carbonyl (C=O) groups excluding carboxylic acids is 1. The van der Waals surface area contributed by atoms with E-state index in [4.69, 9.17) is 18.0 Å². The number of carbonyl (C=O) groups is 1. The van der Waals surface area contributed by atoms with Crippen LogP contribution in [0.5, 0.6) is 0 Å². The Kier molecular flexibility index (Phi) is 8.01. The van der Waals surface area contributed by atoms with Gasteiger partial charge in [0.2, 0.25) is 5.91 Å². The molecule has 0 rings (SSSR count). The summed E-state index contributed by atoms with van der Waals surface area (Å²) in [5, 5.41) is 8.67. The van der Waals surface area contributed by atoms with E-state index in [1.165, 1.54) is 6.08 Å². The van der Waals surface area contributed by atoms with Crippen LogP contribution in [0.3, 0.4) is 0 Å². The quantitative estimate of drug-likeness (QED) is 0.252. The SMILES string of the molecule is C=CC(=O)NC(=S)NCCNCCN. The van der Waals surface area contributed by atoms with E-state index in [-0.39, 0.29) is 5.91 Å². The van der Waals surface area contributed by atoms with Crippen LogP contribution in [-0.2, 0) is 4.79 Å². The third kappa shape index (κ3) is 7.66. The van der Waals surface area contributed by atoms with Gasteiger partial charge in [-0.2, -0.15) is 0 Å². The van der Waals surface area contributed by atoms with Gasteiger partial charge in [-0.1, -0.05) is 6.58 Å². The summed E-state index contributed by atoms with van der Waals surface area (Å²) >= 11 is 4.83.